The van der Waals surface area contributed by atoms with E-state index in [9.17, 15) is 17.6 Å². The van der Waals surface area contributed by atoms with Crippen molar-refractivity contribution in [3.05, 3.63) is 46.9 Å². The summed E-state index contributed by atoms with van der Waals surface area (Å²) in [6.45, 7) is -0.194. The van der Waals surface area contributed by atoms with E-state index in [1.54, 1.807) is 0 Å². The first kappa shape index (κ1) is 12.8. The van der Waals surface area contributed by atoms with Gasteiger partial charge in [-0.15, -0.1) is 0 Å². The second-order valence-electron chi connectivity index (χ2n) is 3.89. The van der Waals surface area contributed by atoms with E-state index < -0.39 is 17.6 Å². The van der Waals surface area contributed by atoms with Crippen molar-refractivity contribution in [1.82, 2.24) is 0 Å². The summed E-state index contributed by atoms with van der Waals surface area (Å²) in [6, 6.07) is 2.76. The first-order valence-electron chi connectivity index (χ1n) is 5.14. The molecule has 0 saturated heterocycles. The fourth-order valence-corrected chi connectivity index (χ4v) is 1.67. The third kappa shape index (κ3) is 2.43. The average Bonchev–Trinajstić information content (AvgIpc) is 2.76. The van der Waals surface area contributed by atoms with E-state index in [4.69, 9.17) is 5.11 Å². The van der Waals surface area contributed by atoms with E-state index in [1.807, 2.05) is 0 Å². The second-order valence-corrected chi connectivity index (χ2v) is 3.89. The second kappa shape index (κ2) is 4.53. The lowest BCUT2D eigenvalue weighted by atomic mass is 10.0. The molecule has 1 aromatic rings. The molecule has 0 spiro atoms. The number of aliphatic hydroxyl groups is 1. The molecule has 1 heterocycles. The molecule has 0 radical (unpaired) electrons. The molecule has 2 rings (SSSR count). The van der Waals surface area contributed by atoms with Crippen LogP contribution in [0, 0.1) is 5.82 Å². The molecule has 0 unspecified atom stereocenters. The maximum Gasteiger partial charge on any atom is 0.419 e. The fraction of sp³-hybridized carbons (Fsp3) is 0.250. The summed E-state index contributed by atoms with van der Waals surface area (Å²) in [6.07, 6.45) is -3.04. The molecule has 1 aliphatic heterocycles. The van der Waals surface area contributed by atoms with Gasteiger partial charge in [0.2, 0.25) is 0 Å². The first-order chi connectivity index (χ1) is 8.41. The van der Waals surface area contributed by atoms with Crippen molar-refractivity contribution in [2.45, 2.75) is 12.6 Å². The minimum atomic E-state index is -4.73. The molecule has 1 N–H and O–H groups in total. The third-order valence-corrected chi connectivity index (χ3v) is 2.61. The molecular formula is C12H9F4NO. The lowest BCUT2D eigenvalue weighted by Crippen LogP contribution is -2.10. The van der Waals surface area contributed by atoms with E-state index in [1.165, 1.54) is 12.3 Å². The average molecular weight is 259 g/mol. The number of nitrogens with zero attached hydrogens (tertiary/aromatic N) is 1. The molecule has 0 fully saturated rings. The van der Waals surface area contributed by atoms with E-state index in [0.717, 1.165) is 12.1 Å². The number of aliphatic imine (C=N–C) groups is 1. The van der Waals surface area contributed by atoms with Crippen LogP contribution in [0.2, 0.25) is 0 Å². The Morgan fingerprint density at radius 1 is 1.28 bits per heavy atom. The summed E-state index contributed by atoms with van der Waals surface area (Å²) < 4.78 is 50.7. The lowest BCUT2D eigenvalue weighted by molar-refractivity contribution is -0.140. The van der Waals surface area contributed by atoms with Crippen LogP contribution in [0.1, 0.15) is 17.5 Å². The van der Waals surface area contributed by atoms with E-state index in [2.05, 4.69) is 4.99 Å². The van der Waals surface area contributed by atoms with Crippen molar-refractivity contribution in [3.63, 3.8) is 0 Å². The monoisotopic (exact) mass is 259 g/mol. The van der Waals surface area contributed by atoms with Crippen LogP contribution in [-0.4, -0.2) is 17.4 Å². The Labute approximate surface area is 100 Å². The summed E-state index contributed by atoms with van der Waals surface area (Å²) >= 11 is 0. The van der Waals surface area contributed by atoms with Gasteiger partial charge in [0.25, 0.3) is 0 Å². The van der Waals surface area contributed by atoms with Crippen molar-refractivity contribution < 1.29 is 22.7 Å². The molecule has 1 aliphatic rings. The summed E-state index contributed by atoms with van der Waals surface area (Å²) in [4.78, 5) is 3.92. The number of hydrogen-bond acceptors (Lipinski definition) is 2. The number of halogens is 4. The van der Waals surface area contributed by atoms with Crippen LogP contribution < -0.4 is 0 Å². The molecule has 0 saturated carbocycles. The van der Waals surface area contributed by atoms with Gasteiger partial charge in [0.15, 0.2) is 0 Å². The summed E-state index contributed by atoms with van der Waals surface area (Å²) in [5, 5.41) is 8.88. The molecule has 0 amide bonds. The molecule has 0 aromatic heterocycles. The molecule has 0 atom stereocenters. The van der Waals surface area contributed by atoms with Gasteiger partial charge in [-0.1, -0.05) is 6.07 Å². The van der Waals surface area contributed by atoms with Gasteiger partial charge in [0.05, 0.1) is 17.9 Å². The van der Waals surface area contributed by atoms with Crippen molar-refractivity contribution >= 4 is 5.71 Å². The van der Waals surface area contributed by atoms with Gasteiger partial charge in [-0.05, 0) is 23.3 Å². The zero-order valence-electron chi connectivity index (χ0n) is 9.13. The fourth-order valence-electron chi connectivity index (χ4n) is 1.67. The quantitative estimate of drug-likeness (QED) is 0.814. The van der Waals surface area contributed by atoms with Crippen LogP contribution in [0.3, 0.4) is 0 Å². The van der Waals surface area contributed by atoms with Crippen LogP contribution in [0.4, 0.5) is 17.6 Å². The van der Waals surface area contributed by atoms with Gasteiger partial charge >= 0.3 is 6.18 Å². The Morgan fingerprint density at radius 2 is 2.00 bits per heavy atom. The van der Waals surface area contributed by atoms with Crippen LogP contribution in [0.25, 0.3) is 0 Å². The number of rotatable bonds is 2. The maximum atomic E-state index is 13.1. The number of aliphatic hydroxyl groups excluding tert-OH is 1. The van der Waals surface area contributed by atoms with Crippen LogP contribution in [-0.2, 0) is 6.18 Å². The molecule has 18 heavy (non-hydrogen) atoms. The lowest BCUT2D eigenvalue weighted by Gasteiger charge is -2.10. The van der Waals surface area contributed by atoms with Gasteiger partial charge in [-0.3, -0.25) is 4.99 Å². The standard InChI is InChI=1S/C12H9F4NO/c13-10-2-1-8(4-9(10)12(14,15)16)11-3-7(6-18)5-17-11/h1-2,4-5,18H,3,6H2. The first-order valence-corrected chi connectivity index (χ1v) is 5.14. The van der Waals surface area contributed by atoms with Gasteiger partial charge in [0.1, 0.15) is 5.82 Å². The van der Waals surface area contributed by atoms with E-state index in [-0.39, 0.29) is 18.6 Å². The van der Waals surface area contributed by atoms with Gasteiger partial charge in [-0.2, -0.15) is 13.2 Å². The Hall–Kier alpha value is -1.69. The van der Waals surface area contributed by atoms with E-state index >= 15 is 0 Å². The van der Waals surface area contributed by atoms with Crippen molar-refractivity contribution in [3.8, 4) is 0 Å². The predicted octanol–water partition coefficient (Wildman–Crippen LogP) is 2.91. The van der Waals surface area contributed by atoms with Gasteiger partial charge < -0.3 is 5.11 Å². The Kier molecular flexibility index (Phi) is 3.21. The molecule has 2 nitrogen and oxygen atoms in total. The Bertz CT molecular complexity index is 531. The molecular weight excluding hydrogens is 250 g/mol. The normalized spacial score (nSPS) is 15.6. The summed E-state index contributed by atoms with van der Waals surface area (Å²) in [5.74, 6) is -1.31. The number of alkyl halides is 3. The molecule has 0 bridgehead atoms. The van der Waals surface area contributed by atoms with Crippen molar-refractivity contribution in [1.29, 1.82) is 0 Å². The molecule has 96 valence electrons. The zero-order chi connectivity index (χ0) is 13.3. The maximum absolute atomic E-state index is 13.1. The zero-order valence-corrected chi connectivity index (χ0v) is 9.13. The third-order valence-electron chi connectivity index (χ3n) is 2.61. The highest BCUT2D eigenvalue weighted by Gasteiger charge is 2.34. The number of benzene rings is 1. The minimum Gasteiger partial charge on any atom is -0.392 e. The van der Waals surface area contributed by atoms with Crippen molar-refractivity contribution in [2.24, 2.45) is 4.99 Å². The Balaban J connectivity index is 2.33. The van der Waals surface area contributed by atoms with Crippen LogP contribution in [0.5, 0.6) is 0 Å². The smallest absolute Gasteiger partial charge is 0.392 e. The van der Waals surface area contributed by atoms with E-state index in [0.29, 0.717) is 11.3 Å². The largest absolute Gasteiger partial charge is 0.419 e. The Morgan fingerprint density at radius 3 is 2.56 bits per heavy atom. The highest BCUT2D eigenvalue weighted by Crippen LogP contribution is 2.32. The van der Waals surface area contributed by atoms with Crippen LogP contribution in [0.15, 0.2) is 35.0 Å². The predicted molar refractivity (Wildman–Crippen MR) is 57.7 cm³/mol. The molecule has 1 aromatic carbocycles. The SMILES string of the molecule is OCC1=CN=C(c2ccc(F)c(C(F)(F)F)c2)C1. The molecule has 0 aliphatic carbocycles. The van der Waals surface area contributed by atoms with Crippen molar-refractivity contribution in [2.75, 3.05) is 6.61 Å². The topological polar surface area (TPSA) is 32.6 Å². The summed E-state index contributed by atoms with van der Waals surface area (Å²) in [7, 11) is 0. The molecule has 6 heteroatoms. The van der Waals surface area contributed by atoms with Gasteiger partial charge in [0, 0.05) is 12.6 Å². The highest BCUT2D eigenvalue weighted by atomic mass is 19.4. The highest BCUT2D eigenvalue weighted by molar-refractivity contribution is 6.03. The number of hydrogen-bond donors (Lipinski definition) is 1. The minimum absolute atomic E-state index is 0.194. The van der Waals surface area contributed by atoms with Gasteiger partial charge in [-0.25, -0.2) is 4.39 Å². The van der Waals surface area contributed by atoms with Crippen LogP contribution >= 0.6 is 0 Å². The summed E-state index contributed by atoms with van der Waals surface area (Å²) in [5.41, 5.74) is -0.0870.